The molecule has 0 saturated carbocycles. The molecule has 4 heteroatoms. The minimum Gasteiger partial charge on any atom is -0.431 e. The van der Waals surface area contributed by atoms with Crippen LogP contribution in [-0.2, 0) is 6.54 Å². The van der Waals surface area contributed by atoms with Crippen molar-refractivity contribution in [3.8, 4) is 0 Å². The molecule has 1 heterocycles. The molecule has 2 N–H and O–H groups in total. The second kappa shape index (κ2) is 2.37. The number of oxazole rings is 1. The predicted molar refractivity (Wildman–Crippen MR) is 34.1 cm³/mol. The molecule has 0 saturated heterocycles. The molecule has 0 unspecified atom stereocenters. The van der Waals surface area contributed by atoms with Crippen molar-refractivity contribution in [1.82, 2.24) is 4.98 Å². The van der Waals surface area contributed by atoms with Gasteiger partial charge in [0, 0.05) is 0 Å². The highest BCUT2D eigenvalue weighted by Gasteiger charge is 2.03. The highest BCUT2D eigenvalue weighted by Crippen LogP contribution is 2.12. The highest BCUT2D eigenvalue weighted by molar-refractivity contribution is 6.27. The Hall–Kier alpha value is -0.540. The Kier molecular flexibility index (Phi) is 1.73. The first-order chi connectivity index (χ1) is 4.24. The van der Waals surface area contributed by atoms with Crippen LogP contribution in [0.1, 0.15) is 11.5 Å². The predicted octanol–water partition coefficient (Wildman–Crippen LogP) is 1.10. The van der Waals surface area contributed by atoms with E-state index < -0.39 is 0 Å². The van der Waals surface area contributed by atoms with Crippen LogP contribution in [0.5, 0.6) is 0 Å². The van der Waals surface area contributed by atoms with E-state index in [1.807, 2.05) is 0 Å². The smallest absolute Gasteiger partial charge is 0.292 e. The van der Waals surface area contributed by atoms with E-state index in [1.54, 1.807) is 6.92 Å². The van der Waals surface area contributed by atoms with Gasteiger partial charge in [-0.1, -0.05) is 0 Å². The average Bonchev–Trinajstić information content (AvgIpc) is 2.10. The summed E-state index contributed by atoms with van der Waals surface area (Å²) in [5.41, 5.74) is 6.04. The summed E-state index contributed by atoms with van der Waals surface area (Å²) in [5.74, 6) is 0.653. The largest absolute Gasteiger partial charge is 0.431 e. The molecule has 1 rings (SSSR count). The highest BCUT2D eigenvalue weighted by atomic mass is 35.5. The lowest BCUT2D eigenvalue weighted by Crippen LogP contribution is -1.95. The van der Waals surface area contributed by atoms with E-state index in [4.69, 9.17) is 21.8 Å². The molecular weight excluding hydrogens is 140 g/mol. The number of rotatable bonds is 1. The number of nitrogens with zero attached hydrogens (tertiary/aromatic N) is 1. The number of aromatic nitrogens is 1. The van der Waals surface area contributed by atoms with Gasteiger partial charge in [-0.25, -0.2) is 4.98 Å². The lowest BCUT2D eigenvalue weighted by atomic mass is 10.4. The summed E-state index contributed by atoms with van der Waals surface area (Å²) < 4.78 is 4.89. The SMILES string of the molecule is Cc1nc(Cl)oc1CN. The minimum absolute atomic E-state index is 0.160. The van der Waals surface area contributed by atoms with E-state index in [0.29, 0.717) is 12.3 Å². The molecular formula is C5H7ClN2O. The maximum atomic E-state index is 5.41. The molecule has 0 aliphatic carbocycles. The summed E-state index contributed by atoms with van der Waals surface area (Å²) in [4.78, 5) is 3.80. The van der Waals surface area contributed by atoms with Crippen molar-refractivity contribution in [2.24, 2.45) is 5.73 Å². The molecule has 9 heavy (non-hydrogen) atoms. The fraction of sp³-hybridized carbons (Fsp3) is 0.400. The van der Waals surface area contributed by atoms with E-state index in [-0.39, 0.29) is 5.35 Å². The first kappa shape index (κ1) is 6.58. The molecule has 0 aliphatic rings. The normalized spacial score (nSPS) is 10.1. The second-order valence-electron chi connectivity index (χ2n) is 1.68. The Morgan fingerprint density at radius 2 is 2.44 bits per heavy atom. The zero-order chi connectivity index (χ0) is 6.85. The fourth-order valence-corrected chi connectivity index (χ4v) is 0.802. The van der Waals surface area contributed by atoms with Crippen LogP contribution in [0, 0.1) is 6.92 Å². The number of halogens is 1. The van der Waals surface area contributed by atoms with Gasteiger partial charge in [0.2, 0.25) is 0 Å². The van der Waals surface area contributed by atoms with Crippen LogP contribution in [0.15, 0.2) is 4.42 Å². The zero-order valence-corrected chi connectivity index (χ0v) is 5.77. The molecule has 0 atom stereocenters. The Bertz CT molecular complexity index is 209. The molecule has 1 aromatic heterocycles. The lowest BCUT2D eigenvalue weighted by molar-refractivity contribution is 0.506. The monoisotopic (exact) mass is 146 g/mol. The molecule has 0 aliphatic heterocycles. The first-order valence-corrected chi connectivity index (χ1v) is 2.93. The average molecular weight is 147 g/mol. The van der Waals surface area contributed by atoms with Crippen LogP contribution in [0.25, 0.3) is 0 Å². The maximum absolute atomic E-state index is 5.41. The van der Waals surface area contributed by atoms with Gasteiger partial charge in [-0.15, -0.1) is 0 Å². The van der Waals surface area contributed by atoms with Gasteiger partial charge in [-0.05, 0) is 18.5 Å². The molecule has 0 spiro atoms. The molecule has 0 bridgehead atoms. The van der Waals surface area contributed by atoms with Gasteiger partial charge in [-0.3, -0.25) is 0 Å². The molecule has 0 aromatic carbocycles. The lowest BCUT2D eigenvalue weighted by Gasteiger charge is -1.85. The van der Waals surface area contributed by atoms with Crippen LogP contribution in [0.3, 0.4) is 0 Å². The van der Waals surface area contributed by atoms with E-state index in [9.17, 15) is 0 Å². The number of hydrogen-bond donors (Lipinski definition) is 1. The van der Waals surface area contributed by atoms with Gasteiger partial charge in [0.15, 0.2) is 0 Å². The fourth-order valence-electron chi connectivity index (χ4n) is 0.582. The molecule has 50 valence electrons. The van der Waals surface area contributed by atoms with Crippen molar-refractivity contribution in [3.05, 3.63) is 16.8 Å². The van der Waals surface area contributed by atoms with Crippen molar-refractivity contribution in [3.63, 3.8) is 0 Å². The topological polar surface area (TPSA) is 52.0 Å². The third-order valence-electron chi connectivity index (χ3n) is 1.05. The summed E-state index contributed by atoms with van der Waals surface area (Å²) in [6.07, 6.45) is 0. The summed E-state index contributed by atoms with van der Waals surface area (Å²) in [5, 5.41) is 0.160. The summed E-state index contributed by atoms with van der Waals surface area (Å²) in [6.45, 7) is 2.16. The van der Waals surface area contributed by atoms with E-state index in [2.05, 4.69) is 4.98 Å². The quantitative estimate of drug-likeness (QED) is 0.646. The van der Waals surface area contributed by atoms with Gasteiger partial charge >= 0.3 is 0 Å². The molecule has 0 fully saturated rings. The third kappa shape index (κ3) is 1.23. The van der Waals surface area contributed by atoms with Gasteiger partial charge in [0.25, 0.3) is 5.35 Å². The summed E-state index contributed by atoms with van der Waals surface area (Å²) in [7, 11) is 0. The van der Waals surface area contributed by atoms with Gasteiger partial charge in [-0.2, -0.15) is 0 Å². The van der Waals surface area contributed by atoms with Crippen molar-refractivity contribution in [2.45, 2.75) is 13.5 Å². The van der Waals surface area contributed by atoms with Crippen molar-refractivity contribution < 1.29 is 4.42 Å². The third-order valence-corrected chi connectivity index (χ3v) is 1.21. The van der Waals surface area contributed by atoms with E-state index in [0.717, 1.165) is 5.69 Å². The molecule has 0 amide bonds. The minimum atomic E-state index is 0.160. The molecule has 0 radical (unpaired) electrons. The number of hydrogen-bond acceptors (Lipinski definition) is 3. The van der Waals surface area contributed by atoms with Gasteiger partial charge in [0.1, 0.15) is 5.76 Å². The Morgan fingerprint density at radius 1 is 1.78 bits per heavy atom. The van der Waals surface area contributed by atoms with Crippen LogP contribution >= 0.6 is 11.6 Å². The Morgan fingerprint density at radius 3 is 2.67 bits per heavy atom. The standard InChI is InChI=1S/C5H7ClN2O/c1-3-4(2-7)9-5(6)8-3/h2,7H2,1H3. The van der Waals surface area contributed by atoms with Gasteiger partial charge < -0.3 is 10.2 Å². The number of nitrogens with two attached hydrogens (primary N) is 1. The van der Waals surface area contributed by atoms with Crippen LogP contribution in [0.2, 0.25) is 5.35 Å². The maximum Gasteiger partial charge on any atom is 0.292 e. The summed E-state index contributed by atoms with van der Waals surface area (Å²) >= 11 is 5.41. The number of aryl methyl sites for hydroxylation is 1. The Labute approximate surface area is 57.8 Å². The summed E-state index contributed by atoms with van der Waals surface area (Å²) in [6, 6.07) is 0. The van der Waals surface area contributed by atoms with Crippen molar-refractivity contribution in [2.75, 3.05) is 0 Å². The molecule has 3 nitrogen and oxygen atoms in total. The van der Waals surface area contributed by atoms with Crippen LogP contribution < -0.4 is 5.73 Å². The van der Waals surface area contributed by atoms with E-state index in [1.165, 1.54) is 0 Å². The Balaban J connectivity index is 3.01. The van der Waals surface area contributed by atoms with Crippen molar-refractivity contribution in [1.29, 1.82) is 0 Å². The zero-order valence-electron chi connectivity index (χ0n) is 5.02. The van der Waals surface area contributed by atoms with Crippen LogP contribution in [0.4, 0.5) is 0 Å². The van der Waals surface area contributed by atoms with Crippen molar-refractivity contribution >= 4 is 11.6 Å². The first-order valence-electron chi connectivity index (χ1n) is 2.56. The second-order valence-corrected chi connectivity index (χ2v) is 2.00. The van der Waals surface area contributed by atoms with E-state index >= 15 is 0 Å². The van der Waals surface area contributed by atoms with Gasteiger partial charge in [0.05, 0.1) is 12.2 Å². The van der Waals surface area contributed by atoms with Crippen LogP contribution in [-0.4, -0.2) is 4.98 Å². The molecule has 1 aromatic rings.